The maximum atomic E-state index is 8.97. The molecule has 6 heavy (non-hydrogen) atoms. The number of rotatable bonds is 0. The fourth-order valence-electron chi connectivity index (χ4n) is 0. The minimum atomic E-state index is -4.17. The first-order valence-electron chi connectivity index (χ1n) is 0.752. The summed E-state index contributed by atoms with van der Waals surface area (Å²) in [6.45, 7) is 0. The zero-order chi connectivity index (χ0) is 4.50. The third kappa shape index (κ3) is 96.4. The Balaban J connectivity index is 0. The molecule has 1 radical (unpaired) electrons. The van der Waals surface area contributed by atoms with Crippen molar-refractivity contribution in [1.82, 2.24) is 0 Å². The van der Waals surface area contributed by atoms with E-state index < -0.39 is 10.3 Å². The van der Waals surface area contributed by atoms with Crippen LogP contribution in [0.25, 0.3) is 0 Å². The van der Waals surface area contributed by atoms with Gasteiger partial charge in [0.2, 0.25) is 0 Å². The molecule has 0 fully saturated rings. The van der Waals surface area contributed by atoms with E-state index in [9.17, 15) is 0 Å². The minimum Gasteiger partial charge on any atom is -0.274 e. The Morgan fingerprint density at radius 2 is 1.50 bits per heavy atom. The Labute approximate surface area is 57.9 Å². The summed E-state index contributed by atoms with van der Waals surface area (Å²) in [5, 5.41) is 3.88. The van der Waals surface area contributed by atoms with E-state index in [2.05, 4.69) is 5.14 Å². The molecule has 0 unspecified atom stereocenters. The van der Waals surface area contributed by atoms with Gasteiger partial charge in [0.05, 0.1) is 0 Å². The van der Waals surface area contributed by atoms with Crippen molar-refractivity contribution in [2.75, 3.05) is 0 Å². The smallest absolute Gasteiger partial charge is 0.274 e. The Kier molecular flexibility index (Phi) is 4.91. The van der Waals surface area contributed by atoms with Gasteiger partial charge < -0.3 is 0 Å². The normalized spacial score (nSPS) is 9.67. The van der Waals surface area contributed by atoms with E-state index >= 15 is 0 Å². The average molecular weight is 120 g/mol. The molecule has 0 heterocycles. The summed E-state index contributed by atoms with van der Waals surface area (Å²) in [7, 11) is -4.17. The fraction of sp³-hybridized carbons (Fsp3) is 0. The van der Waals surface area contributed by atoms with Gasteiger partial charge in [0.15, 0.2) is 0 Å². The first-order chi connectivity index (χ1) is 2.00. The Hall–Kier alpha value is 0.870. The molecule has 0 saturated carbocycles. The Morgan fingerprint density at radius 1 is 1.50 bits per heavy atom. The molecule has 4 nitrogen and oxygen atoms in total. The van der Waals surface area contributed by atoms with Crippen molar-refractivity contribution in [1.29, 1.82) is 0 Å². The largest absolute Gasteiger partial charge is 0.330 e. The fourth-order valence-corrected chi connectivity index (χ4v) is 0. The minimum absolute atomic E-state index is 0. The number of hydrogen-bond acceptors (Lipinski definition) is 2. The van der Waals surface area contributed by atoms with Crippen molar-refractivity contribution < 1.29 is 13.0 Å². The summed E-state index contributed by atoms with van der Waals surface area (Å²) < 4.78 is 25.2. The summed E-state index contributed by atoms with van der Waals surface area (Å²) in [6, 6.07) is 0. The molecule has 0 aliphatic carbocycles. The van der Waals surface area contributed by atoms with Crippen LogP contribution >= 0.6 is 0 Å². The molecule has 33 valence electrons. The van der Waals surface area contributed by atoms with E-state index in [1.807, 2.05) is 0 Å². The summed E-state index contributed by atoms with van der Waals surface area (Å²) in [5.41, 5.74) is 0. The average Bonchev–Trinajstić information content (AvgIpc) is 0.722. The molecule has 0 bridgehead atoms. The third-order valence-corrected chi connectivity index (χ3v) is 0. The SMILES string of the molecule is NS(=O)(=O)O.[Na]. The van der Waals surface area contributed by atoms with Gasteiger partial charge in [-0.25, -0.2) is 5.14 Å². The zero-order valence-electron chi connectivity index (χ0n) is 3.25. The molecule has 0 aromatic rings. The Bertz CT molecular complexity index is 94.0. The summed E-state index contributed by atoms with van der Waals surface area (Å²) >= 11 is 0. The van der Waals surface area contributed by atoms with E-state index in [1.54, 1.807) is 0 Å². The van der Waals surface area contributed by atoms with Crippen molar-refractivity contribution >= 4 is 39.9 Å². The van der Waals surface area contributed by atoms with Crippen LogP contribution in [0.2, 0.25) is 0 Å². The van der Waals surface area contributed by atoms with Crippen LogP contribution in [-0.2, 0) is 10.3 Å². The first-order valence-corrected chi connectivity index (χ1v) is 2.25. The first kappa shape index (κ1) is 9.98. The number of nitrogens with two attached hydrogens (primary N) is 1. The predicted molar refractivity (Wildman–Crippen MR) is 21.5 cm³/mol. The van der Waals surface area contributed by atoms with Crippen molar-refractivity contribution in [3.05, 3.63) is 0 Å². The molecule has 0 saturated heterocycles. The predicted octanol–water partition coefficient (Wildman–Crippen LogP) is -1.63. The van der Waals surface area contributed by atoms with E-state index in [0.717, 1.165) is 0 Å². The third-order valence-electron chi connectivity index (χ3n) is 0. The standard InChI is InChI=1S/H3NO3S.Na/c1-5(2,3)4;/h(H3,1,2,3,4);. The van der Waals surface area contributed by atoms with E-state index in [-0.39, 0.29) is 29.6 Å². The Morgan fingerprint density at radius 3 is 1.50 bits per heavy atom. The van der Waals surface area contributed by atoms with Gasteiger partial charge in [-0.15, -0.1) is 0 Å². The van der Waals surface area contributed by atoms with Gasteiger partial charge in [-0.05, 0) is 0 Å². The molecule has 0 aromatic heterocycles. The van der Waals surface area contributed by atoms with Crippen LogP contribution in [0.15, 0.2) is 0 Å². The summed E-state index contributed by atoms with van der Waals surface area (Å²) in [6.07, 6.45) is 0. The van der Waals surface area contributed by atoms with Crippen molar-refractivity contribution in [2.45, 2.75) is 0 Å². The second kappa shape index (κ2) is 2.95. The van der Waals surface area contributed by atoms with E-state index in [0.29, 0.717) is 0 Å². The molecule has 0 atom stereocenters. The van der Waals surface area contributed by atoms with Gasteiger partial charge in [-0.2, -0.15) is 8.42 Å². The van der Waals surface area contributed by atoms with Crippen LogP contribution in [0.1, 0.15) is 0 Å². The van der Waals surface area contributed by atoms with E-state index in [4.69, 9.17) is 13.0 Å². The quantitative estimate of drug-likeness (QED) is 0.297. The van der Waals surface area contributed by atoms with Gasteiger partial charge in [0.25, 0.3) is 0 Å². The van der Waals surface area contributed by atoms with Gasteiger partial charge in [0.1, 0.15) is 0 Å². The van der Waals surface area contributed by atoms with Gasteiger partial charge in [-0.1, -0.05) is 0 Å². The molecule has 0 aromatic carbocycles. The molecular weight excluding hydrogens is 117 g/mol. The molecule has 3 N–H and O–H groups in total. The van der Waals surface area contributed by atoms with Gasteiger partial charge in [-0.3, -0.25) is 4.55 Å². The van der Waals surface area contributed by atoms with E-state index in [1.165, 1.54) is 0 Å². The topological polar surface area (TPSA) is 80.4 Å². The van der Waals surface area contributed by atoms with Crippen LogP contribution in [0.5, 0.6) is 0 Å². The summed E-state index contributed by atoms with van der Waals surface area (Å²) in [5.74, 6) is 0. The summed E-state index contributed by atoms with van der Waals surface area (Å²) in [4.78, 5) is 0. The zero-order valence-corrected chi connectivity index (χ0v) is 6.07. The van der Waals surface area contributed by atoms with Crippen LogP contribution in [-0.4, -0.2) is 42.5 Å². The van der Waals surface area contributed by atoms with Crippen LogP contribution in [0, 0.1) is 0 Å². The molecule has 0 rings (SSSR count). The second-order valence-corrected chi connectivity index (χ2v) is 1.54. The van der Waals surface area contributed by atoms with Crippen LogP contribution in [0.4, 0.5) is 0 Å². The molecule has 0 spiro atoms. The maximum absolute atomic E-state index is 8.97. The molecule has 0 aliphatic heterocycles. The van der Waals surface area contributed by atoms with Gasteiger partial charge >= 0.3 is 10.3 Å². The van der Waals surface area contributed by atoms with Crippen LogP contribution in [0.3, 0.4) is 0 Å². The molecule has 0 amide bonds. The molecule has 0 aliphatic rings. The maximum Gasteiger partial charge on any atom is 0.330 e. The van der Waals surface area contributed by atoms with Crippen molar-refractivity contribution in [3.8, 4) is 0 Å². The molecular formula is H3NNaO3S. The van der Waals surface area contributed by atoms with Crippen molar-refractivity contribution in [3.63, 3.8) is 0 Å². The second-order valence-electron chi connectivity index (χ2n) is 0.515. The number of hydrogen-bond donors (Lipinski definition) is 2. The van der Waals surface area contributed by atoms with Crippen LogP contribution < -0.4 is 5.14 Å². The molecule has 6 heteroatoms. The van der Waals surface area contributed by atoms with Gasteiger partial charge in [0, 0.05) is 29.6 Å². The van der Waals surface area contributed by atoms with Crippen molar-refractivity contribution in [2.24, 2.45) is 5.14 Å². The monoisotopic (exact) mass is 120 g/mol.